The zero-order valence-electron chi connectivity index (χ0n) is 9.46. The van der Waals surface area contributed by atoms with E-state index in [4.69, 9.17) is 4.74 Å². The van der Waals surface area contributed by atoms with Gasteiger partial charge >= 0.3 is 6.09 Å². The number of cyclic esters (lactones) is 1. The molecule has 86 valence electrons. The third-order valence-corrected chi connectivity index (χ3v) is 2.63. The minimum absolute atomic E-state index is 0.0100. The number of ether oxygens (including phenoxy) is 1. The predicted molar refractivity (Wildman–Crippen MR) is 57.5 cm³/mol. The van der Waals surface area contributed by atoms with Crippen LogP contribution in [0, 0.1) is 5.92 Å². The van der Waals surface area contributed by atoms with E-state index in [9.17, 15) is 4.79 Å². The molecule has 1 saturated heterocycles. The van der Waals surface area contributed by atoms with Gasteiger partial charge < -0.3 is 4.74 Å². The Morgan fingerprint density at radius 1 is 1.62 bits per heavy atom. The average molecular weight is 221 g/mol. The van der Waals surface area contributed by atoms with E-state index >= 15 is 0 Å². The fourth-order valence-corrected chi connectivity index (χ4v) is 1.62. The molecule has 1 aromatic rings. The van der Waals surface area contributed by atoms with Gasteiger partial charge in [0.1, 0.15) is 6.10 Å². The van der Waals surface area contributed by atoms with Crippen LogP contribution in [-0.2, 0) is 11.3 Å². The first kappa shape index (κ1) is 10.9. The topological polar surface area (TPSA) is 55.3 Å². The normalized spacial score (nSPS) is 20.3. The fraction of sp³-hybridized carbons (Fsp3) is 0.545. The van der Waals surface area contributed by atoms with E-state index in [-0.39, 0.29) is 12.2 Å². The SMILES string of the molecule is CC(C)[C@H]1CN(Cc2cccnn2)C(=O)O1. The van der Waals surface area contributed by atoms with Gasteiger partial charge in [-0.05, 0) is 18.1 Å². The van der Waals surface area contributed by atoms with Crippen LogP contribution in [-0.4, -0.2) is 33.8 Å². The molecular weight excluding hydrogens is 206 g/mol. The van der Waals surface area contributed by atoms with Crippen LogP contribution in [0.25, 0.3) is 0 Å². The Bertz CT molecular complexity index is 367. The molecule has 1 aromatic heterocycles. The van der Waals surface area contributed by atoms with Crippen LogP contribution in [0.3, 0.4) is 0 Å². The highest BCUT2D eigenvalue weighted by molar-refractivity contribution is 5.69. The van der Waals surface area contributed by atoms with Crippen molar-refractivity contribution in [3.05, 3.63) is 24.0 Å². The standard InChI is InChI=1S/C11H15N3O2/c1-8(2)10-7-14(11(15)16-10)6-9-4-3-5-12-13-9/h3-5,8,10H,6-7H2,1-2H3/t10-/m1/s1. The van der Waals surface area contributed by atoms with Crippen molar-refractivity contribution in [1.82, 2.24) is 15.1 Å². The van der Waals surface area contributed by atoms with Gasteiger partial charge in [-0.15, -0.1) is 0 Å². The van der Waals surface area contributed by atoms with Gasteiger partial charge in [-0.3, -0.25) is 4.90 Å². The summed E-state index contributed by atoms with van der Waals surface area (Å²) in [6.45, 7) is 5.19. The van der Waals surface area contributed by atoms with Crippen LogP contribution >= 0.6 is 0 Å². The maximum Gasteiger partial charge on any atom is 0.410 e. The lowest BCUT2D eigenvalue weighted by Crippen LogP contribution is -2.26. The summed E-state index contributed by atoms with van der Waals surface area (Å²) in [4.78, 5) is 13.2. The fourth-order valence-electron chi connectivity index (χ4n) is 1.62. The van der Waals surface area contributed by atoms with E-state index < -0.39 is 0 Å². The molecule has 0 N–H and O–H groups in total. The van der Waals surface area contributed by atoms with E-state index in [2.05, 4.69) is 10.2 Å². The average Bonchev–Trinajstić information content (AvgIpc) is 2.62. The number of amides is 1. The van der Waals surface area contributed by atoms with Crippen LogP contribution in [0.5, 0.6) is 0 Å². The van der Waals surface area contributed by atoms with Crippen molar-refractivity contribution in [2.45, 2.75) is 26.5 Å². The maximum atomic E-state index is 11.5. The van der Waals surface area contributed by atoms with Crippen LogP contribution in [0.2, 0.25) is 0 Å². The predicted octanol–water partition coefficient (Wildman–Crippen LogP) is 1.45. The largest absolute Gasteiger partial charge is 0.444 e. The lowest BCUT2D eigenvalue weighted by atomic mass is 10.1. The van der Waals surface area contributed by atoms with Crippen molar-refractivity contribution in [2.75, 3.05) is 6.54 Å². The molecule has 0 aliphatic carbocycles. The smallest absolute Gasteiger partial charge is 0.410 e. The van der Waals surface area contributed by atoms with Gasteiger partial charge in [0.15, 0.2) is 0 Å². The summed E-state index contributed by atoms with van der Waals surface area (Å²) in [6, 6.07) is 3.66. The Balaban J connectivity index is 1.99. The Hall–Kier alpha value is -1.65. The lowest BCUT2D eigenvalue weighted by molar-refractivity contribution is 0.111. The summed E-state index contributed by atoms with van der Waals surface area (Å²) < 4.78 is 5.25. The second-order valence-corrected chi connectivity index (χ2v) is 4.26. The molecule has 0 aromatic carbocycles. The van der Waals surface area contributed by atoms with Crippen molar-refractivity contribution >= 4 is 6.09 Å². The number of aromatic nitrogens is 2. The first-order valence-corrected chi connectivity index (χ1v) is 5.39. The molecule has 1 fully saturated rings. The molecule has 0 bridgehead atoms. The monoisotopic (exact) mass is 221 g/mol. The zero-order chi connectivity index (χ0) is 11.5. The molecule has 16 heavy (non-hydrogen) atoms. The zero-order valence-corrected chi connectivity index (χ0v) is 9.46. The van der Waals surface area contributed by atoms with E-state index in [1.165, 1.54) is 0 Å². The molecule has 2 heterocycles. The van der Waals surface area contributed by atoms with E-state index in [0.717, 1.165) is 5.69 Å². The molecule has 5 nitrogen and oxygen atoms in total. The van der Waals surface area contributed by atoms with Gasteiger partial charge in [-0.2, -0.15) is 10.2 Å². The van der Waals surface area contributed by atoms with Crippen molar-refractivity contribution in [1.29, 1.82) is 0 Å². The van der Waals surface area contributed by atoms with Gasteiger partial charge in [0.05, 0.1) is 18.8 Å². The third kappa shape index (κ3) is 2.29. The van der Waals surface area contributed by atoms with E-state index in [0.29, 0.717) is 19.0 Å². The summed E-state index contributed by atoms with van der Waals surface area (Å²) in [5, 5.41) is 7.72. The van der Waals surface area contributed by atoms with Crippen molar-refractivity contribution in [3.8, 4) is 0 Å². The molecule has 0 radical (unpaired) electrons. The number of carbonyl (C=O) groups is 1. The van der Waals surface area contributed by atoms with Gasteiger partial charge in [-0.1, -0.05) is 13.8 Å². The Kier molecular flexibility index (Phi) is 3.03. The van der Waals surface area contributed by atoms with Crippen LogP contribution < -0.4 is 0 Å². The quantitative estimate of drug-likeness (QED) is 0.775. The van der Waals surface area contributed by atoms with Crippen molar-refractivity contribution in [3.63, 3.8) is 0 Å². The Morgan fingerprint density at radius 2 is 2.44 bits per heavy atom. The Labute approximate surface area is 94.4 Å². The molecule has 2 rings (SSSR count). The first-order chi connectivity index (χ1) is 7.66. The summed E-state index contributed by atoms with van der Waals surface area (Å²) >= 11 is 0. The maximum absolute atomic E-state index is 11.5. The number of hydrogen-bond donors (Lipinski definition) is 0. The van der Waals surface area contributed by atoms with Crippen LogP contribution in [0.1, 0.15) is 19.5 Å². The minimum atomic E-state index is -0.260. The molecule has 0 saturated carbocycles. The summed E-state index contributed by atoms with van der Waals surface area (Å²) in [7, 11) is 0. The molecule has 1 aliphatic rings. The summed E-state index contributed by atoms with van der Waals surface area (Å²) in [6.07, 6.45) is 1.34. The highest BCUT2D eigenvalue weighted by Gasteiger charge is 2.33. The molecule has 0 unspecified atom stereocenters. The van der Waals surface area contributed by atoms with E-state index in [1.54, 1.807) is 11.1 Å². The van der Waals surface area contributed by atoms with Crippen molar-refractivity contribution < 1.29 is 9.53 Å². The second kappa shape index (κ2) is 4.47. The summed E-state index contributed by atoms with van der Waals surface area (Å²) in [5.41, 5.74) is 0.781. The van der Waals surface area contributed by atoms with Crippen LogP contribution in [0.15, 0.2) is 18.3 Å². The molecular formula is C11H15N3O2. The third-order valence-electron chi connectivity index (χ3n) is 2.63. The number of hydrogen-bond acceptors (Lipinski definition) is 4. The van der Waals surface area contributed by atoms with E-state index in [1.807, 2.05) is 26.0 Å². The first-order valence-electron chi connectivity index (χ1n) is 5.39. The number of carbonyl (C=O) groups excluding carboxylic acids is 1. The molecule has 5 heteroatoms. The van der Waals surface area contributed by atoms with Gasteiger partial charge in [0.25, 0.3) is 0 Å². The molecule has 1 amide bonds. The van der Waals surface area contributed by atoms with Gasteiger partial charge in [-0.25, -0.2) is 4.79 Å². The number of nitrogens with zero attached hydrogens (tertiary/aromatic N) is 3. The van der Waals surface area contributed by atoms with Gasteiger partial charge in [0.2, 0.25) is 0 Å². The Morgan fingerprint density at radius 3 is 3.00 bits per heavy atom. The lowest BCUT2D eigenvalue weighted by Gasteiger charge is -2.13. The minimum Gasteiger partial charge on any atom is -0.444 e. The highest BCUT2D eigenvalue weighted by Crippen LogP contribution is 2.19. The molecule has 1 aliphatic heterocycles. The summed E-state index contributed by atoms with van der Waals surface area (Å²) in [5.74, 6) is 0.343. The molecule has 1 atom stereocenters. The highest BCUT2D eigenvalue weighted by atomic mass is 16.6. The van der Waals surface area contributed by atoms with Crippen molar-refractivity contribution in [2.24, 2.45) is 5.92 Å². The second-order valence-electron chi connectivity index (χ2n) is 4.26. The van der Waals surface area contributed by atoms with Gasteiger partial charge in [0, 0.05) is 6.20 Å². The molecule has 0 spiro atoms. The van der Waals surface area contributed by atoms with Crippen LogP contribution in [0.4, 0.5) is 4.79 Å². The number of rotatable bonds is 3.